The molecule has 0 unspecified atom stereocenters. The molecule has 248 valence electrons. The quantitative estimate of drug-likeness (QED) is 0.138. The summed E-state index contributed by atoms with van der Waals surface area (Å²) in [6, 6.07) is 0. The maximum Gasteiger partial charge on any atom is 0.303 e. The van der Waals surface area contributed by atoms with Crippen molar-refractivity contribution in [2.24, 2.45) is 5.92 Å². The first-order chi connectivity index (χ1) is 20.6. The summed E-state index contributed by atoms with van der Waals surface area (Å²) in [5.41, 5.74) is 0. The third kappa shape index (κ3) is 15.1. The van der Waals surface area contributed by atoms with E-state index in [1.807, 2.05) is 6.08 Å². The van der Waals surface area contributed by atoms with Crippen LogP contribution >= 0.6 is 0 Å². The van der Waals surface area contributed by atoms with E-state index >= 15 is 0 Å². The zero-order chi connectivity index (χ0) is 33.4. The van der Waals surface area contributed by atoms with Crippen molar-refractivity contribution in [3.05, 3.63) is 24.3 Å². The molecule has 1 saturated heterocycles. The Morgan fingerprint density at radius 2 is 1.27 bits per heavy atom. The Morgan fingerprint density at radius 1 is 0.705 bits per heavy atom. The lowest BCUT2D eigenvalue weighted by Gasteiger charge is -2.45. The summed E-state index contributed by atoms with van der Waals surface area (Å²) in [4.78, 5) is 71.5. The molecular formula is C30H44O14. The van der Waals surface area contributed by atoms with Crippen LogP contribution in [0.5, 0.6) is 0 Å². The fourth-order valence-electron chi connectivity index (χ4n) is 4.10. The third-order valence-electron chi connectivity index (χ3n) is 5.83. The predicted octanol–water partition coefficient (Wildman–Crippen LogP) is 2.50. The van der Waals surface area contributed by atoms with Crippen LogP contribution in [0.3, 0.4) is 0 Å². The van der Waals surface area contributed by atoms with E-state index in [1.165, 1.54) is 13.0 Å². The van der Waals surface area contributed by atoms with Crippen LogP contribution in [0.15, 0.2) is 24.3 Å². The van der Waals surface area contributed by atoms with Gasteiger partial charge in [-0.3, -0.25) is 28.8 Å². The Balaban J connectivity index is 3.62. The SMILES string of the molecule is CC(=O)OC[C@H]1O[C@@H](O[C@@H](/C=C/C=C\CCC(C)C)[C@@H](COC(C)=O)OC(C)=O)[C@H](OC(C)=O)[C@@H](OC(C)=O)[C@H]1OC(C)=O. The molecule has 1 fully saturated rings. The number of rotatable bonds is 16. The first kappa shape index (κ1) is 38.2. The summed E-state index contributed by atoms with van der Waals surface area (Å²) < 4.78 is 44.0. The Bertz CT molecular complexity index is 1050. The van der Waals surface area contributed by atoms with Gasteiger partial charge in [-0.05, 0) is 18.8 Å². The van der Waals surface area contributed by atoms with Crippen molar-refractivity contribution in [2.75, 3.05) is 13.2 Å². The number of hydrogen-bond acceptors (Lipinski definition) is 14. The molecule has 0 aliphatic carbocycles. The van der Waals surface area contributed by atoms with Crippen molar-refractivity contribution in [1.29, 1.82) is 0 Å². The highest BCUT2D eigenvalue weighted by atomic mass is 16.7. The molecule has 44 heavy (non-hydrogen) atoms. The Labute approximate surface area is 257 Å². The fraction of sp³-hybridized carbons (Fsp3) is 0.667. The van der Waals surface area contributed by atoms with Crippen LogP contribution in [0, 0.1) is 5.92 Å². The van der Waals surface area contributed by atoms with E-state index in [0.717, 1.165) is 47.5 Å². The summed E-state index contributed by atoms with van der Waals surface area (Å²) >= 11 is 0. The molecule has 0 aromatic heterocycles. The Morgan fingerprint density at radius 3 is 1.80 bits per heavy atom. The van der Waals surface area contributed by atoms with Gasteiger partial charge >= 0.3 is 35.8 Å². The van der Waals surface area contributed by atoms with Gasteiger partial charge in [0.2, 0.25) is 0 Å². The molecule has 1 rings (SSSR count). The van der Waals surface area contributed by atoms with Crippen LogP contribution in [-0.4, -0.2) is 91.9 Å². The maximum absolute atomic E-state index is 12.2. The van der Waals surface area contributed by atoms with E-state index in [0.29, 0.717) is 5.92 Å². The summed E-state index contributed by atoms with van der Waals surface area (Å²) in [5.74, 6) is -3.96. The van der Waals surface area contributed by atoms with Crippen LogP contribution in [0.1, 0.15) is 68.2 Å². The van der Waals surface area contributed by atoms with E-state index in [1.54, 1.807) is 12.2 Å². The van der Waals surface area contributed by atoms with Crippen molar-refractivity contribution >= 4 is 35.8 Å². The first-order valence-electron chi connectivity index (χ1n) is 14.2. The second kappa shape index (κ2) is 19.5. The maximum atomic E-state index is 12.2. The zero-order valence-electron chi connectivity index (χ0n) is 26.5. The van der Waals surface area contributed by atoms with Crippen molar-refractivity contribution in [1.82, 2.24) is 0 Å². The molecule has 0 radical (unpaired) electrons. The van der Waals surface area contributed by atoms with Gasteiger partial charge in [-0.25, -0.2) is 0 Å². The van der Waals surface area contributed by atoms with Gasteiger partial charge in [0, 0.05) is 41.5 Å². The largest absolute Gasteiger partial charge is 0.463 e. The standard InChI is InChI=1S/C30H44O14/c1-17(2)13-11-9-10-12-14-24(25(39-20(5)33)15-37-18(3)31)43-30-29(42-23(8)36)28(41-22(7)35)27(40-21(6)34)26(44-30)16-38-19(4)32/h9-10,12,14,17,24-30H,11,13,15-16H2,1-8H3/b10-9-,14-12+/t24-,25+,26+,27-,28-,29+,30+/m0/s1. The third-order valence-corrected chi connectivity index (χ3v) is 5.83. The van der Waals surface area contributed by atoms with Gasteiger partial charge in [0.25, 0.3) is 0 Å². The minimum absolute atomic E-state index is 0.410. The van der Waals surface area contributed by atoms with Gasteiger partial charge in [-0.15, -0.1) is 0 Å². The molecule has 0 aromatic carbocycles. The molecule has 14 nitrogen and oxygen atoms in total. The highest BCUT2D eigenvalue weighted by molar-refractivity contribution is 5.69. The van der Waals surface area contributed by atoms with Crippen LogP contribution < -0.4 is 0 Å². The molecule has 0 N–H and O–H groups in total. The number of carbonyl (C=O) groups is 6. The van der Waals surface area contributed by atoms with Gasteiger partial charge in [0.15, 0.2) is 30.7 Å². The molecular weight excluding hydrogens is 584 g/mol. The second-order valence-electron chi connectivity index (χ2n) is 10.4. The van der Waals surface area contributed by atoms with Crippen molar-refractivity contribution < 1.29 is 66.7 Å². The van der Waals surface area contributed by atoms with E-state index in [2.05, 4.69) is 13.8 Å². The molecule has 0 bridgehead atoms. The van der Waals surface area contributed by atoms with E-state index in [4.69, 9.17) is 37.9 Å². The predicted molar refractivity (Wildman–Crippen MR) is 151 cm³/mol. The smallest absolute Gasteiger partial charge is 0.303 e. The van der Waals surface area contributed by atoms with Crippen molar-refractivity contribution in [3.8, 4) is 0 Å². The zero-order valence-corrected chi connectivity index (χ0v) is 26.5. The lowest BCUT2D eigenvalue weighted by molar-refractivity contribution is -0.318. The highest BCUT2D eigenvalue weighted by Crippen LogP contribution is 2.31. The van der Waals surface area contributed by atoms with Gasteiger partial charge in [-0.1, -0.05) is 38.2 Å². The van der Waals surface area contributed by atoms with Gasteiger partial charge in [0.1, 0.15) is 25.4 Å². The Kier molecular flexibility index (Phi) is 16.9. The van der Waals surface area contributed by atoms with Crippen LogP contribution in [0.25, 0.3) is 0 Å². The molecule has 14 heteroatoms. The van der Waals surface area contributed by atoms with E-state index < -0.39 is 91.9 Å². The molecule has 0 saturated carbocycles. The summed E-state index contributed by atoms with van der Waals surface area (Å²) in [7, 11) is 0. The van der Waals surface area contributed by atoms with Crippen LogP contribution in [-0.2, 0) is 66.7 Å². The van der Waals surface area contributed by atoms with Gasteiger partial charge in [-0.2, -0.15) is 0 Å². The molecule has 1 aliphatic heterocycles. The van der Waals surface area contributed by atoms with E-state index in [9.17, 15) is 28.8 Å². The van der Waals surface area contributed by atoms with E-state index in [-0.39, 0.29) is 0 Å². The minimum Gasteiger partial charge on any atom is -0.463 e. The number of carbonyl (C=O) groups excluding carboxylic acids is 6. The summed E-state index contributed by atoms with van der Waals surface area (Å²) in [6.07, 6.45) is -1.02. The molecule has 1 aliphatic rings. The monoisotopic (exact) mass is 628 g/mol. The van der Waals surface area contributed by atoms with Gasteiger partial charge < -0.3 is 37.9 Å². The van der Waals surface area contributed by atoms with Crippen molar-refractivity contribution in [2.45, 2.75) is 111 Å². The first-order valence-corrected chi connectivity index (χ1v) is 14.2. The minimum atomic E-state index is -1.56. The number of hydrogen-bond donors (Lipinski definition) is 0. The second-order valence-corrected chi connectivity index (χ2v) is 10.4. The molecule has 7 atom stereocenters. The normalized spacial score (nSPS) is 23.1. The molecule has 1 heterocycles. The summed E-state index contributed by atoms with van der Waals surface area (Å²) in [6.45, 7) is 10.1. The topological polar surface area (TPSA) is 176 Å². The number of esters is 6. The lowest BCUT2D eigenvalue weighted by Crippen LogP contribution is -2.63. The molecule has 0 amide bonds. The Hall–Kier alpha value is -3.78. The summed E-state index contributed by atoms with van der Waals surface area (Å²) in [5, 5.41) is 0. The van der Waals surface area contributed by atoms with Gasteiger partial charge in [0.05, 0.1) is 0 Å². The van der Waals surface area contributed by atoms with Crippen LogP contribution in [0.2, 0.25) is 0 Å². The highest BCUT2D eigenvalue weighted by Gasteiger charge is 2.53. The lowest BCUT2D eigenvalue weighted by atomic mass is 9.98. The molecule has 0 spiro atoms. The number of allylic oxidation sites excluding steroid dienone is 3. The fourth-order valence-corrected chi connectivity index (χ4v) is 4.10. The van der Waals surface area contributed by atoms with Crippen molar-refractivity contribution in [3.63, 3.8) is 0 Å². The number of ether oxygens (including phenoxy) is 8. The van der Waals surface area contributed by atoms with Crippen LogP contribution in [0.4, 0.5) is 0 Å². The average Bonchev–Trinajstić information content (AvgIpc) is 2.88. The molecule has 0 aromatic rings. The average molecular weight is 629 g/mol.